The average molecular weight is 311 g/mol. The Kier molecular flexibility index (Phi) is 5.67. The number of piperidine rings is 1. The van der Waals surface area contributed by atoms with Crippen LogP contribution in [-0.4, -0.2) is 25.2 Å². The Labute approximate surface area is 119 Å². The van der Waals surface area contributed by atoms with Gasteiger partial charge in [0.1, 0.15) is 0 Å². The number of halogens is 1. The molecule has 2 nitrogen and oxygen atoms in total. The summed E-state index contributed by atoms with van der Waals surface area (Å²) in [5.41, 5.74) is 1.40. The summed E-state index contributed by atoms with van der Waals surface area (Å²) in [6.07, 6.45) is 5.13. The molecule has 0 aromatic heterocycles. The van der Waals surface area contributed by atoms with E-state index in [9.17, 15) is 0 Å². The van der Waals surface area contributed by atoms with Crippen LogP contribution in [0.2, 0.25) is 0 Å². The van der Waals surface area contributed by atoms with Gasteiger partial charge < -0.3 is 10.6 Å². The Bertz CT molecular complexity index is 344. The lowest BCUT2D eigenvalue weighted by atomic mass is 10.0. The molecule has 1 aliphatic rings. The van der Waals surface area contributed by atoms with Crippen molar-refractivity contribution >= 4 is 15.9 Å². The monoisotopic (exact) mass is 310 g/mol. The lowest BCUT2D eigenvalue weighted by molar-refractivity contribution is 0.369. The van der Waals surface area contributed by atoms with Crippen LogP contribution in [0, 0.1) is 0 Å². The Morgan fingerprint density at radius 2 is 2.11 bits per heavy atom. The lowest BCUT2D eigenvalue weighted by Gasteiger charge is -2.25. The molecule has 1 fully saturated rings. The number of hydrogen-bond acceptors (Lipinski definition) is 2. The van der Waals surface area contributed by atoms with E-state index in [0.717, 1.165) is 17.4 Å². The molecule has 2 atom stereocenters. The van der Waals surface area contributed by atoms with E-state index in [0.29, 0.717) is 12.1 Å². The highest BCUT2D eigenvalue weighted by Crippen LogP contribution is 2.12. The highest BCUT2D eigenvalue weighted by molar-refractivity contribution is 9.10. The van der Waals surface area contributed by atoms with Crippen molar-refractivity contribution in [1.82, 2.24) is 10.6 Å². The topological polar surface area (TPSA) is 24.1 Å². The third kappa shape index (κ3) is 4.71. The summed E-state index contributed by atoms with van der Waals surface area (Å²) in [5.74, 6) is 0. The summed E-state index contributed by atoms with van der Waals surface area (Å²) in [5, 5.41) is 7.22. The van der Waals surface area contributed by atoms with Crippen molar-refractivity contribution in [3.05, 3.63) is 34.3 Å². The van der Waals surface area contributed by atoms with Crippen LogP contribution in [-0.2, 0) is 6.42 Å². The minimum Gasteiger partial charge on any atom is -0.313 e. The molecule has 0 radical (unpaired) electrons. The van der Waals surface area contributed by atoms with Crippen LogP contribution >= 0.6 is 15.9 Å². The fourth-order valence-corrected chi connectivity index (χ4v) is 2.75. The van der Waals surface area contributed by atoms with Crippen LogP contribution in [0.15, 0.2) is 28.7 Å². The van der Waals surface area contributed by atoms with Gasteiger partial charge in [-0.05, 0) is 50.4 Å². The number of nitrogens with one attached hydrogen (secondary N) is 2. The van der Waals surface area contributed by atoms with Gasteiger partial charge in [-0.3, -0.25) is 0 Å². The second-order valence-corrected chi connectivity index (χ2v) is 6.20. The largest absolute Gasteiger partial charge is 0.313 e. The molecule has 2 N–H and O–H groups in total. The Morgan fingerprint density at radius 1 is 1.33 bits per heavy atom. The van der Waals surface area contributed by atoms with Crippen molar-refractivity contribution in [3.8, 4) is 0 Å². The third-order valence-electron chi connectivity index (χ3n) is 3.58. The van der Waals surface area contributed by atoms with E-state index in [1.165, 1.54) is 31.4 Å². The number of benzene rings is 1. The summed E-state index contributed by atoms with van der Waals surface area (Å²) >= 11 is 3.47. The molecule has 0 spiro atoms. The van der Waals surface area contributed by atoms with Crippen LogP contribution in [0.5, 0.6) is 0 Å². The van der Waals surface area contributed by atoms with Crippen LogP contribution < -0.4 is 10.6 Å². The minimum absolute atomic E-state index is 0.537. The van der Waals surface area contributed by atoms with E-state index in [1.54, 1.807) is 0 Å². The highest BCUT2D eigenvalue weighted by Gasteiger charge is 2.13. The average Bonchev–Trinajstić information content (AvgIpc) is 2.40. The maximum absolute atomic E-state index is 3.64. The number of hydrogen-bond donors (Lipinski definition) is 2. The van der Waals surface area contributed by atoms with E-state index in [-0.39, 0.29) is 0 Å². The van der Waals surface area contributed by atoms with Gasteiger partial charge in [-0.15, -0.1) is 0 Å². The van der Waals surface area contributed by atoms with Crippen molar-refractivity contribution in [2.75, 3.05) is 13.1 Å². The van der Waals surface area contributed by atoms with E-state index in [4.69, 9.17) is 0 Å². The smallest absolute Gasteiger partial charge is 0.0192 e. The van der Waals surface area contributed by atoms with Crippen molar-refractivity contribution in [3.63, 3.8) is 0 Å². The van der Waals surface area contributed by atoms with Gasteiger partial charge in [-0.2, -0.15) is 0 Å². The van der Waals surface area contributed by atoms with Gasteiger partial charge in [0.15, 0.2) is 0 Å². The molecule has 1 heterocycles. The Morgan fingerprint density at radius 3 is 2.78 bits per heavy atom. The van der Waals surface area contributed by atoms with E-state index < -0.39 is 0 Å². The van der Waals surface area contributed by atoms with E-state index in [1.807, 2.05) is 0 Å². The second-order valence-electron chi connectivity index (χ2n) is 5.29. The van der Waals surface area contributed by atoms with Gasteiger partial charge in [-0.25, -0.2) is 0 Å². The molecule has 1 aliphatic heterocycles. The van der Waals surface area contributed by atoms with Gasteiger partial charge in [0.2, 0.25) is 0 Å². The van der Waals surface area contributed by atoms with Crippen LogP contribution in [0.3, 0.4) is 0 Å². The fraction of sp³-hybridized carbons (Fsp3) is 0.600. The Hall–Kier alpha value is -0.380. The normalized spacial score (nSPS) is 21.8. The van der Waals surface area contributed by atoms with Crippen molar-refractivity contribution in [2.45, 2.75) is 44.7 Å². The van der Waals surface area contributed by atoms with Gasteiger partial charge >= 0.3 is 0 Å². The van der Waals surface area contributed by atoms with Gasteiger partial charge in [0.05, 0.1) is 0 Å². The molecule has 0 amide bonds. The zero-order valence-electron chi connectivity index (χ0n) is 11.1. The first kappa shape index (κ1) is 14.0. The lowest BCUT2D eigenvalue weighted by Crippen LogP contribution is -2.44. The van der Waals surface area contributed by atoms with Crippen molar-refractivity contribution in [2.24, 2.45) is 0 Å². The molecule has 0 bridgehead atoms. The SMILES string of the molecule is CC(Cc1ccc(Br)cc1)NCC1CCCCN1. The zero-order chi connectivity index (χ0) is 12.8. The molecule has 100 valence electrons. The summed E-state index contributed by atoms with van der Waals surface area (Å²) < 4.78 is 1.15. The molecule has 2 rings (SSSR count). The molecule has 1 saturated heterocycles. The molecule has 18 heavy (non-hydrogen) atoms. The Balaban J connectivity index is 1.71. The maximum Gasteiger partial charge on any atom is 0.0192 e. The molecule has 2 unspecified atom stereocenters. The summed E-state index contributed by atoms with van der Waals surface area (Å²) in [6.45, 7) is 4.55. The summed E-state index contributed by atoms with van der Waals surface area (Å²) in [4.78, 5) is 0. The summed E-state index contributed by atoms with van der Waals surface area (Å²) in [6, 6.07) is 9.83. The van der Waals surface area contributed by atoms with Gasteiger partial charge in [-0.1, -0.05) is 34.5 Å². The van der Waals surface area contributed by atoms with Gasteiger partial charge in [0, 0.05) is 23.1 Å². The van der Waals surface area contributed by atoms with E-state index >= 15 is 0 Å². The van der Waals surface area contributed by atoms with Crippen LogP contribution in [0.1, 0.15) is 31.7 Å². The van der Waals surface area contributed by atoms with Crippen LogP contribution in [0.4, 0.5) is 0 Å². The molecular formula is C15H23BrN2. The van der Waals surface area contributed by atoms with Crippen molar-refractivity contribution < 1.29 is 0 Å². The number of rotatable bonds is 5. The third-order valence-corrected chi connectivity index (χ3v) is 4.11. The maximum atomic E-state index is 3.64. The predicted molar refractivity (Wildman–Crippen MR) is 81.0 cm³/mol. The van der Waals surface area contributed by atoms with Crippen molar-refractivity contribution in [1.29, 1.82) is 0 Å². The predicted octanol–water partition coefficient (Wildman–Crippen LogP) is 3.11. The first-order chi connectivity index (χ1) is 8.74. The molecule has 0 aliphatic carbocycles. The quantitative estimate of drug-likeness (QED) is 0.873. The minimum atomic E-state index is 0.537. The summed E-state index contributed by atoms with van der Waals surface area (Å²) in [7, 11) is 0. The first-order valence-corrected chi connectivity index (χ1v) is 7.74. The molecule has 0 saturated carbocycles. The molecule has 1 aromatic rings. The fourth-order valence-electron chi connectivity index (χ4n) is 2.49. The highest BCUT2D eigenvalue weighted by atomic mass is 79.9. The first-order valence-electron chi connectivity index (χ1n) is 6.95. The standard InChI is InChI=1S/C15H23BrN2/c1-12(10-13-5-7-14(16)8-6-13)18-11-15-4-2-3-9-17-15/h5-8,12,15,17-18H,2-4,9-11H2,1H3. The second kappa shape index (κ2) is 7.27. The zero-order valence-corrected chi connectivity index (χ0v) is 12.7. The molecule has 1 aromatic carbocycles. The van der Waals surface area contributed by atoms with E-state index in [2.05, 4.69) is 57.8 Å². The molecule has 3 heteroatoms. The molecular weight excluding hydrogens is 288 g/mol. The van der Waals surface area contributed by atoms with Gasteiger partial charge in [0.25, 0.3) is 0 Å². The van der Waals surface area contributed by atoms with Crippen LogP contribution in [0.25, 0.3) is 0 Å².